The SMILES string of the molecule is COC(CCCCCC(=O)O)CC(=O)O. The van der Waals surface area contributed by atoms with Gasteiger partial charge in [-0.25, -0.2) is 0 Å². The summed E-state index contributed by atoms with van der Waals surface area (Å²) in [6.45, 7) is 0. The van der Waals surface area contributed by atoms with E-state index in [1.165, 1.54) is 7.11 Å². The molecule has 0 aliphatic heterocycles. The summed E-state index contributed by atoms with van der Waals surface area (Å²) in [7, 11) is 1.49. The zero-order valence-corrected chi connectivity index (χ0v) is 8.94. The lowest BCUT2D eigenvalue weighted by Gasteiger charge is -2.12. The molecule has 0 aliphatic rings. The van der Waals surface area contributed by atoms with Crippen LogP contribution >= 0.6 is 0 Å². The molecule has 0 spiro atoms. The van der Waals surface area contributed by atoms with Crippen molar-refractivity contribution in [1.82, 2.24) is 0 Å². The Balaban J connectivity index is 3.46. The molecule has 0 aromatic carbocycles. The molecule has 0 fully saturated rings. The molecule has 0 rings (SSSR count). The van der Waals surface area contributed by atoms with Gasteiger partial charge in [-0.15, -0.1) is 0 Å². The number of unbranched alkanes of at least 4 members (excludes halogenated alkanes) is 2. The molecular weight excluding hydrogens is 200 g/mol. The molecule has 0 aromatic rings. The number of hydrogen-bond donors (Lipinski definition) is 2. The van der Waals surface area contributed by atoms with Gasteiger partial charge in [0.05, 0.1) is 12.5 Å². The first-order valence-corrected chi connectivity index (χ1v) is 5.02. The molecule has 15 heavy (non-hydrogen) atoms. The Kier molecular flexibility index (Phi) is 7.62. The van der Waals surface area contributed by atoms with Crippen molar-refractivity contribution in [2.75, 3.05) is 7.11 Å². The smallest absolute Gasteiger partial charge is 0.305 e. The van der Waals surface area contributed by atoms with Gasteiger partial charge < -0.3 is 14.9 Å². The van der Waals surface area contributed by atoms with Gasteiger partial charge in [0.15, 0.2) is 0 Å². The van der Waals surface area contributed by atoms with Crippen LogP contribution in [0.5, 0.6) is 0 Å². The first-order valence-electron chi connectivity index (χ1n) is 5.02. The van der Waals surface area contributed by atoms with Crippen molar-refractivity contribution in [3.63, 3.8) is 0 Å². The Morgan fingerprint density at radius 3 is 2.27 bits per heavy atom. The van der Waals surface area contributed by atoms with E-state index in [4.69, 9.17) is 14.9 Å². The van der Waals surface area contributed by atoms with E-state index < -0.39 is 11.9 Å². The molecule has 1 atom stereocenters. The van der Waals surface area contributed by atoms with Crippen molar-refractivity contribution in [2.24, 2.45) is 0 Å². The fraction of sp³-hybridized carbons (Fsp3) is 0.800. The van der Waals surface area contributed by atoms with Crippen molar-refractivity contribution in [3.8, 4) is 0 Å². The van der Waals surface area contributed by atoms with Gasteiger partial charge in [0.25, 0.3) is 0 Å². The molecule has 0 aliphatic carbocycles. The Morgan fingerprint density at radius 1 is 1.13 bits per heavy atom. The fourth-order valence-electron chi connectivity index (χ4n) is 1.32. The number of aliphatic carboxylic acids is 2. The molecule has 0 bridgehead atoms. The summed E-state index contributed by atoms with van der Waals surface area (Å²) < 4.78 is 4.99. The van der Waals surface area contributed by atoms with Gasteiger partial charge in [-0.3, -0.25) is 9.59 Å². The third-order valence-corrected chi connectivity index (χ3v) is 2.15. The number of carboxylic acids is 2. The molecule has 0 heterocycles. The van der Waals surface area contributed by atoms with E-state index in [9.17, 15) is 9.59 Å². The zero-order chi connectivity index (χ0) is 11.7. The molecule has 5 heteroatoms. The lowest BCUT2D eigenvalue weighted by molar-refractivity contribution is -0.140. The normalized spacial score (nSPS) is 12.3. The number of rotatable bonds is 9. The Morgan fingerprint density at radius 2 is 1.80 bits per heavy atom. The van der Waals surface area contributed by atoms with Crippen molar-refractivity contribution in [2.45, 2.75) is 44.6 Å². The summed E-state index contributed by atoms with van der Waals surface area (Å²) in [4.78, 5) is 20.6. The predicted molar refractivity (Wildman–Crippen MR) is 53.8 cm³/mol. The van der Waals surface area contributed by atoms with E-state index in [0.29, 0.717) is 12.8 Å². The van der Waals surface area contributed by atoms with Crippen LogP contribution in [-0.2, 0) is 14.3 Å². The highest BCUT2D eigenvalue weighted by atomic mass is 16.5. The number of carbonyl (C=O) groups is 2. The number of carboxylic acid groups (broad SMARTS) is 2. The van der Waals surface area contributed by atoms with Crippen LogP contribution in [0, 0.1) is 0 Å². The second kappa shape index (κ2) is 8.23. The topological polar surface area (TPSA) is 83.8 Å². The molecule has 0 saturated carbocycles. The average Bonchev–Trinajstić information content (AvgIpc) is 2.14. The summed E-state index contributed by atoms with van der Waals surface area (Å²) in [5, 5.41) is 16.9. The molecule has 1 unspecified atom stereocenters. The van der Waals surface area contributed by atoms with Gasteiger partial charge in [-0.1, -0.05) is 12.8 Å². The lowest BCUT2D eigenvalue weighted by atomic mass is 10.1. The highest BCUT2D eigenvalue weighted by Crippen LogP contribution is 2.10. The summed E-state index contributed by atoms with van der Waals surface area (Å²) in [5.41, 5.74) is 0. The van der Waals surface area contributed by atoms with Crippen LogP contribution in [0.4, 0.5) is 0 Å². The summed E-state index contributed by atoms with van der Waals surface area (Å²) >= 11 is 0. The lowest BCUT2D eigenvalue weighted by Crippen LogP contribution is -2.15. The number of ether oxygens (including phenoxy) is 1. The fourth-order valence-corrected chi connectivity index (χ4v) is 1.32. The van der Waals surface area contributed by atoms with Crippen molar-refractivity contribution < 1.29 is 24.5 Å². The highest BCUT2D eigenvalue weighted by molar-refractivity contribution is 5.67. The van der Waals surface area contributed by atoms with E-state index >= 15 is 0 Å². The van der Waals surface area contributed by atoms with Gasteiger partial charge in [-0.2, -0.15) is 0 Å². The van der Waals surface area contributed by atoms with E-state index in [0.717, 1.165) is 12.8 Å². The maximum Gasteiger partial charge on any atom is 0.305 e. The highest BCUT2D eigenvalue weighted by Gasteiger charge is 2.11. The van der Waals surface area contributed by atoms with Crippen LogP contribution in [0.2, 0.25) is 0 Å². The monoisotopic (exact) mass is 218 g/mol. The second-order valence-electron chi connectivity index (χ2n) is 3.45. The molecule has 2 N–H and O–H groups in total. The molecule has 5 nitrogen and oxygen atoms in total. The van der Waals surface area contributed by atoms with E-state index in [1.54, 1.807) is 0 Å². The molecule has 0 aromatic heterocycles. The minimum Gasteiger partial charge on any atom is -0.481 e. The van der Waals surface area contributed by atoms with Crippen LogP contribution in [0.15, 0.2) is 0 Å². The standard InChI is InChI=1S/C10H18O5/c1-15-8(7-10(13)14)5-3-2-4-6-9(11)12/h8H,2-7H2,1H3,(H,11,12)(H,13,14). The summed E-state index contributed by atoms with van der Waals surface area (Å²) in [5.74, 6) is -1.66. The molecule has 0 saturated heterocycles. The van der Waals surface area contributed by atoms with Gasteiger partial charge in [0.2, 0.25) is 0 Å². The second-order valence-corrected chi connectivity index (χ2v) is 3.45. The minimum absolute atomic E-state index is 0.00936. The quantitative estimate of drug-likeness (QED) is 0.573. The Bertz CT molecular complexity index is 202. The zero-order valence-electron chi connectivity index (χ0n) is 8.94. The third kappa shape index (κ3) is 9.21. The van der Waals surface area contributed by atoms with Crippen molar-refractivity contribution >= 4 is 11.9 Å². The minimum atomic E-state index is -0.868. The number of methoxy groups -OCH3 is 1. The Hall–Kier alpha value is -1.10. The van der Waals surface area contributed by atoms with Gasteiger partial charge in [0.1, 0.15) is 0 Å². The first-order chi connectivity index (χ1) is 7.06. The van der Waals surface area contributed by atoms with Gasteiger partial charge in [0, 0.05) is 13.5 Å². The average molecular weight is 218 g/mol. The molecule has 0 radical (unpaired) electrons. The predicted octanol–water partition coefficient (Wildman–Crippen LogP) is 1.51. The van der Waals surface area contributed by atoms with Crippen molar-refractivity contribution in [3.05, 3.63) is 0 Å². The van der Waals surface area contributed by atoms with E-state index in [-0.39, 0.29) is 18.9 Å². The van der Waals surface area contributed by atoms with Gasteiger partial charge in [-0.05, 0) is 12.8 Å². The third-order valence-electron chi connectivity index (χ3n) is 2.15. The maximum atomic E-state index is 10.4. The van der Waals surface area contributed by atoms with Crippen LogP contribution < -0.4 is 0 Å². The van der Waals surface area contributed by atoms with Crippen LogP contribution in [-0.4, -0.2) is 35.4 Å². The number of hydrogen-bond acceptors (Lipinski definition) is 3. The van der Waals surface area contributed by atoms with E-state index in [2.05, 4.69) is 0 Å². The summed E-state index contributed by atoms with van der Waals surface area (Å²) in [6, 6.07) is 0. The first kappa shape index (κ1) is 13.9. The molecular formula is C10H18O5. The summed E-state index contributed by atoms with van der Waals surface area (Å²) in [6.07, 6.45) is 2.84. The van der Waals surface area contributed by atoms with Crippen LogP contribution in [0.1, 0.15) is 38.5 Å². The van der Waals surface area contributed by atoms with E-state index in [1.807, 2.05) is 0 Å². The molecule has 88 valence electrons. The van der Waals surface area contributed by atoms with Gasteiger partial charge >= 0.3 is 11.9 Å². The largest absolute Gasteiger partial charge is 0.481 e. The molecule has 0 amide bonds. The Labute approximate surface area is 89.0 Å². The van der Waals surface area contributed by atoms with Crippen LogP contribution in [0.3, 0.4) is 0 Å². The van der Waals surface area contributed by atoms with Crippen LogP contribution in [0.25, 0.3) is 0 Å². The maximum absolute atomic E-state index is 10.4. The van der Waals surface area contributed by atoms with Crippen molar-refractivity contribution in [1.29, 1.82) is 0 Å².